The van der Waals surface area contributed by atoms with Crippen LogP contribution in [0.15, 0.2) is 64.3 Å². The van der Waals surface area contributed by atoms with Gasteiger partial charge in [-0.2, -0.15) is 0 Å². The van der Waals surface area contributed by atoms with Crippen molar-refractivity contribution in [2.24, 2.45) is 4.99 Å². The second kappa shape index (κ2) is 10.3. The molecule has 0 spiro atoms. The summed E-state index contributed by atoms with van der Waals surface area (Å²) in [5, 5.41) is 6.97. The van der Waals surface area contributed by atoms with Crippen LogP contribution in [0.2, 0.25) is 0 Å². The minimum atomic E-state index is 0. The number of benzene rings is 1. The smallest absolute Gasteiger partial charge is 0.191 e. The quantitative estimate of drug-likeness (QED) is 0.280. The van der Waals surface area contributed by atoms with Crippen LogP contribution in [0.5, 0.6) is 0 Å². The van der Waals surface area contributed by atoms with E-state index in [9.17, 15) is 0 Å². The number of rotatable bonds is 5. The van der Waals surface area contributed by atoms with Crippen LogP contribution in [0.25, 0.3) is 5.65 Å². The minimum Gasteiger partial charge on any atom is -0.369 e. The standard InChI is InChI=1S/C21H25BrN6.HI/c1-23-21(24-11-9-17-15-28-12-3-2-4-20(28)25-17)26-18-10-13-27(14-18)19-7-5-16(22)6-8-19;/h2-8,12,15,18H,9-11,13-14H2,1H3,(H2,23,24,26);1H. The van der Waals surface area contributed by atoms with Crippen molar-refractivity contribution in [3.63, 3.8) is 0 Å². The maximum absolute atomic E-state index is 4.64. The number of halogens is 2. The van der Waals surface area contributed by atoms with Crippen molar-refractivity contribution < 1.29 is 0 Å². The molecule has 3 heterocycles. The van der Waals surface area contributed by atoms with Crippen LogP contribution in [-0.2, 0) is 6.42 Å². The Morgan fingerprint density at radius 3 is 2.83 bits per heavy atom. The average molecular weight is 569 g/mol. The van der Waals surface area contributed by atoms with E-state index in [1.54, 1.807) is 0 Å². The number of imidazole rings is 1. The number of aromatic nitrogens is 2. The lowest BCUT2D eigenvalue weighted by Crippen LogP contribution is -2.45. The SMILES string of the molecule is CN=C(NCCc1cn2ccccc2n1)NC1CCN(c2ccc(Br)cc2)C1.I. The van der Waals surface area contributed by atoms with Crippen molar-refractivity contribution >= 4 is 57.2 Å². The summed E-state index contributed by atoms with van der Waals surface area (Å²) in [4.78, 5) is 11.4. The van der Waals surface area contributed by atoms with Crippen molar-refractivity contribution in [2.75, 3.05) is 31.6 Å². The molecule has 3 aromatic rings. The Kier molecular flexibility index (Phi) is 7.77. The van der Waals surface area contributed by atoms with Crippen LogP contribution in [0.4, 0.5) is 5.69 Å². The zero-order valence-corrected chi connectivity index (χ0v) is 20.3. The average Bonchev–Trinajstić information content (AvgIpc) is 3.34. The molecule has 0 aliphatic carbocycles. The molecule has 8 heteroatoms. The number of nitrogens with one attached hydrogen (secondary N) is 2. The molecular formula is C21H26BrIN6. The van der Waals surface area contributed by atoms with Crippen LogP contribution < -0.4 is 15.5 Å². The van der Waals surface area contributed by atoms with Gasteiger partial charge < -0.3 is 19.9 Å². The summed E-state index contributed by atoms with van der Waals surface area (Å²) in [7, 11) is 1.82. The number of nitrogens with zero attached hydrogens (tertiary/aromatic N) is 4. The third-order valence-corrected chi connectivity index (χ3v) is 5.56. The number of pyridine rings is 1. The van der Waals surface area contributed by atoms with Crippen LogP contribution in [-0.4, -0.2) is 48.1 Å². The first-order chi connectivity index (χ1) is 13.7. The number of hydrogen-bond donors (Lipinski definition) is 2. The maximum atomic E-state index is 4.64. The lowest BCUT2D eigenvalue weighted by molar-refractivity contribution is 0.648. The van der Waals surface area contributed by atoms with E-state index < -0.39 is 0 Å². The Balaban J connectivity index is 0.00000240. The highest BCUT2D eigenvalue weighted by Gasteiger charge is 2.23. The summed E-state index contributed by atoms with van der Waals surface area (Å²) in [6.07, 6.45) is 6.07. The molecule has 1 atom stereocenters. The van der Waals surface area contributed by atoms with Gasteiger partial charge in [-0.1, -0.05) is 22.0 Å². The Morgan fingerprint density at radius 2 is 2.07 bits per heavy atom. The molecular weight excluding hydrogens is 543 g/mol. The van der Waals surface area contributed by atoms with Gasteiger partial charge in [0.05, 0.1) is 5.69 Å². The maximum Gasteiger partial charge on any atom is 0.191 e. The molecule has 1 fully saturated rings. The van der Waals surface area contributed by atoms with E-state index in [0.717, 1.165) is 54.2 Å². The fraction of sp³-hybridized carbons (Fsp3) is 0.333. The van der Waals surface area contributed by atoms with Crippen LogP contribution in [0.3, 0.4) is 0 Å². The topological polar surface area (TPSA) is 57.0 Å². The Hall–Kier alpha value is -1.81. The van der Waals surface area contributed by atoms with Gasteiger partial charge in [0.15, 0.2) is 5.96 Å². The summed E-state index contributed by atoms with van der Waals surface area (Å²) >= 11 is 3.50. The number of fused-ring (bicyclic) bond motifs is 1. The molecule has 0 bridgehead atoms. The van der Waals surface area contributed by atoms with Gasteiger partial charge in [-0.05, 0) is 42.8 Å². The summed E-state index contributed by atoms with van der Waals surface area (Å²) in [5.74, 6) is 0.853. The van der Waals surface area contributed by atoms with E-state index in [-0.39, 0.29) is 24.0 Å². The van der Waals surface area contributed by atoms with Crippen LogP contribution in [0.1, 0.15) is 12.1 Å². The summed E-state index contributed by atoms with van der Waals surface area (Å²) in [6.45, 7) is 2.83. The van der Waals surface area contributed by atoms with E-state index in [2.05, 4.69) is 76.3 Å². The first-order valence-corrected chi connectivity index (χ1v) is 10.4. The van der Waals surface area contributed by atoms with Gasteiger partial charge in [0.25, 0.3) is 0 Å². The molecule has 1 aliphatic heterocycles. The molecule has 1 aliphatic rings. The van der Waals surface area contributed by atoms with Gasteiger partial charge >= 0.3 is 0 Å². The van der Waals surface area contributed by atoms with Crippen molar-refractivity contribution in [1.82, 2.24) is 20.0 Å². The highest BCUT2D eigenvalue weighted by atomic mass is 127. The summed E-state index contributed by atoms with van der Waals surface area (Å²) in [6, 6.07) is 14.9. The van der Waals surface area contributed by atoms with Gasteiger partial charge in [0.1, 0.15) is 5.65 Å². The van der Waals surface area contributed by atoms with E-state index >= 15 is 0 Å². The first kappa shape index (κ1) is 21.9. The third kappa shape index (κ3) is 5.63. The number of aliphatic imine (C=N–C) groups is 1. The number of anilines is 1. The highest BCUT2D eigenvalue weighted by molar-refractivity contribution is 14.0. The summed E-state index contributed by atoms with van der Waals surface area (Å²) in [5.41, 5.74) is 3.33. The molecule has 2 N–H and O–H groups in total. The van der Waals surface area contributed by atoms with Gasteiger partial charge in [0, 0.05) is 61.7 Å². The van der Waals surface area contributed by atoms with Gasteiger partial charge in [-0.15, -0.1) is 24.0 Å². The zero-order chi connectivity index (χ0) is 19.3. The van der Waals surface area contributed by atoms with E-state index in [4.69, 9.17) is 0 Å². The molecule has 154 valence electrons. The third-order valence-electron chi connectivity index (χ3n) is 5.03. The lowest BCUT2D eigenvalue weighted by Gasteiger charge is -2.20. The predicted molar refractivity (Wildman–Crippen MR) is 134 cm³/mol. The van der Waals surface area contributed by atoms with Gasteiger partial charge in [-0.3, -0.25) is 4.99 Å². The fourth-order valence-electron chi connectivity index (χ4n) is 3.57. The van der Waals surface area contributed by atoms with Crippen molar-refractivity contribution in [3.8, 4) is 0 Å². The van der Waals surface area contributed by atoms with Gasteiger partial charge in [-0.25, -0.2) is 4.98 Å². The van der Waals surface area contributed by atoms with Crippen molar-refractivity contribution in [3.05, 3.63) is 65.0 Å². The number of guanidine groups is 1. The van der Waals surface area contributed by atoms with Gasteiger partial charge in [0.2, 0.25) is 0 Å². The molecule has 2 aromatic heterocycles. The second-order valence-corrected chi connectivity index (χ2v) is 7.92. The Bertz CT molecular complexity index is 922. The van der Waals surface area contributed by atoms with Crippen molar-refractivity contribution in [1.29, 1.82) is 0 Å². The van der Waals surface area contributed by atoms with Crippen LogP contribution >= 0.6 is 39.9 Å². The van der Waals surface area contributed by atoms with Crippen molar-refractivity contribution in [2.45, 2.75) is 18.9 Å². The molecule has 1 aromatic carbocycles. The minimum absolute atomic E-state index is 0. The fourth-order valence-corrected chi connectivity index (χ4v) is 3.83. The number of hydrogen-bond acceptors (Lipinski definition) is 3. The second-order valence-electron chi connectivity index (χ2n) is 7.00. The molecule has 4 rings (SSSR count). The molecule has 0 amide bonds. The molecule has 0 saturated carbocycles. The molecule has 6 nitrogen and oxygen atoms in total. The largest absolute Gasteiger partial charge is 0.369 e. The summed E-state index contributed by atoms with van der Waals surface area (Å²) < 4.78 is 3.16. The Labute approximate surface area is 197 Å². The van der Waals surface area contributed by atoms with Crippen LogP contribution in [0, 0.1) is 0 Å². The lowest BCUT2D eigenvalue weighted by atomic mass is 10.2. The predicted octanol–water partition coefficient (Wildman–Crippen LogP) is 3.70. The highest BCUT2D eigenvalue weighted by Crippen LogP contribution is 2.22. The Morgan fingerprint density at radius 1 is 1.24 bits per heavy atom. The monoisotopic (exact) mass is 568 g/mol. The molecule has 1 saturated heterocycles. The zero-order valence-electron chi connectivity index (χ0n) is 16.4. The normalized spacial score (nSPS) is 16.7. The van der Waals surface area contributed by atoms with E-state index in [0.29, 0.717) is 6.04 Å². The van der Waals surface area contributed by atoms with E-state index in [1.807, 2.05) is 31.4 Å². The van der Waals surface area contributed by atoms with E-state index in [1.165, 1.54) is 5.69 Å². The molecule has 29 heavy (non-hydrogen) atoms. The first-order valence-electron chi connectivity index (χ1n) is 9.61. The molecule has 1 unspecified atom stereocenters. The molecule has 0 radical (unpaired) electrons.